The summed E-state index contributed by atoms with van der Waals surface area (Å²) in [5.41, 5.74) is 10.4. The van der Waals surface area contributed by atoms with Crippen LogP contribution in [0.25, 0.3) is 0 Å². The molecule has 7 nitrogen and oxygen atoms in total. The van der Waals surface area contributed by atoms with Crippen molar-refractivity contribution < 1.29 is 4.79 Å². The Morgan fingerprint density at radius 2 is 2.11 bits per heavy atom. The fraction of sp³-hybridized carbons (Fsp3) is 0.450. The van der Waals surface area contributed by atoms with E-state index in [2.05, 4.69) is 27.4 Å². The third kappa shape index (κ3) is 4.62. The van der Waals surface area contributed by atoms with E-state index < -0.39 is 0 Å². The second kappa shape index (κ2) is 9.05. The van der Waals surface area contributed by atoms with Gasteiger partial charge in [-0.25, -0.2) is 4.98 Å². The first-order valence-corrected chi connectivity index (χ1v) is 10.5. The van der Waals surface area contributed by atoms with Gasteiger partial charge in [-0.15, -0.1) is 11.3 Å². The number of piperidine rings is 1. The van der Waals surface area contributed by atoms with Crippen LogP contribution in [0.4, 0.5) is 10.7 Å². The summed E-state index contributed by atoms with van der Waals surface area (Å²) in [5, 5.41) is 14.1. The molecule has 1 amide bonds. The lowest BCUT2D eigenvalue weighted by Gasteiger charge is -2.39. The zero-order valence-corrected chi connectivity index (χ0v) is 17.2. The first-order valence-electron chi connectivity index (χ1n) is 9.60. The molecule has 2 heterocycles. The zero-order valence-electron chi connectivity index (χ0n) is 16.4. The summed E-state index contributed by atoms with van der Waals surface area (Å²) >= 11 is 1.66. The number of guanidine groups is 1. The highest BCUT2D eigenvalue weighted by Gasteiger charge is 2.34. The van der Waals surface area contributed by atoms with Gasteiger partial charge in [-0.3, -0.25) is 10.2 Å². The van der Waals surface area contributed by atoms with E-state index in [9.17, 15) is 4.79 Å². The van der Waals surface area contributed by atoms with Gasteiger partial charge in [-0.05, 0) is 50.3 Å². The molecule has 0 bridgehead atoms. The number of hydrogen-bond donors (Lipinski definition) is 4. The lowest BCUT2D eigenvalue weighted by atomic mass is 9.89. The number of amides is 1. The number of aryl methyl sites for hydroxylation is 2. The summed E-state index contributed by atoms with van der Waals surface area (Å²) < 4.78 is 0. The average Bonchev–Trinajstić information content (AvgIpc) is 3.15. The van der Waals surface area contributed by atoms with E-state index in [4.69, 9.17) is 11.1 Å². The number of anilines is 2. The van der Waals surface area contributed by atoms with Crippen LogP contribution in [0.1, 0.15) is 31.0 Å². The molecule has 0 spiro atoms. The Kier molecular flexibility index (Phi) is 6.51. The van der Waals surface area contributed by atoms with Gasteiger partial charge in [0.25, 0.3) is 0 Å². The molecular formula is C20H28N6OS. The highest BCUT2D eigenvalue weighted by atomic mass is 32.1. The lowest BCUT2D eigenvalue weighted by Crippen LogP contribution is -2.49. The molecule has 3 rings (SSSR count). The SMILES string of the molecule is CNC(=O)C1CCCN(c2scnc2CCc2ccc(NC(=N)N)cc2)C1C. The maximum Gasteiger partial charge on any atom is 0.224 e. The third-order valence-corrected chi connectivity index (χ3v) is 6.24. The molecule has 0 aliphatic carbocycles. The standard InChI is InChI=1S/C20H28N6OS/c1-13-16(18(27)23-2)4-3-11-26(13)19-17(24-12-28-19)10-7-14-5-8-15(9-6-14)25-20(21)22/h5-6,8-9,12-13,16H,3-4,7,10-11H2,1-2H3,(H,23,27)(H4,21,22,25). The summed E-state index contributed by atoms with van der Waals surface area (Å²) in [6.07, 6.45) is 3.70. The van der Waals surface area contributed by atoms with Crippen molar-refractivity contribution in [1.82, 2.24) is 10.3 Å². The molecule has 8 heteroatoms. The minimum absolute atomic E-state index is 0.0232. The molecule has 2 atom stereocenters. The van der Waals surface area contributed by atoms with Crippen molar-refractivity contribution in [2.75, 3.05) is 23.8 Å². The summed E-state index contributed by atoms with van der Waals surface area (Å²) in [4.78, 5) is 19.2. The predicted octanol–water partition coefficient (Wildman–Crippen LogP) is 2.58. The van der Waals surface area contributed by atoms with Crippen molar-refractivity contribution in [2.45, 2.75) is 38.6 Å². The van der Waals surface area contributed by atoms with Crippen LogP contribution < -0.4 is 21.3 Å². The van der Waals surface area contributed by atoms with Gasteiger partial charge in [-0.1, -0.05) is 12.1 Å². The first kappa shape index (κ1) is 20.1. The largest absolute Gasteiger partial charge is 0.370 e. The maximum atomic E-state index is 12.2. The average molecular weight is 401 g/mol. The van der Waals surface area contributed by atoms with E-state index >= 15 is 0 Å². The van der Waals surface area contributed by atoms with Gasteiger partial charge in [-0.2, -0.15) is 0 Å². The molecule has 1 saturated heterocycles. The van der Waals surface area contributed by atoms with E-state index in [1.807, 2.05) is 29.8 Å². The predicted molar refractivity (Wildman–Crippen MR) is 115 cm³/mol. The molecule has 1 aliphatic rings. The maximum absolute atomic E-state index is 12.2. The van der Waals surface area contributed by atoms with Crippen molar-refractivity contribution in [2.24, 2.45) is 11.7 Å². The monoisotopic (exact) mass is 400 g/mol. The Balaban J connectivity index is 1.66. The fourth-order valence-corrected chi connectivity index (χ4v) is 4.77. The van der Waals surface area contributed by atoms with Crippen LogP contribution in [0.2, 0.25) is 0 Å². The molecule has 1 fully saturated rings. The molecule has 0 radical (unpaired) electrons. The number of carbonyl (C=O) groups excluding carboxylic acids is 1. The second-order valence-electron chi connectivity index (χ2n) is 7.14. The summed E-state index contributed by atoms with van der Waals surface area (Å²) in [6.45, 7) is 3.11. The lowest BCUT2D eigenvalue weighted by molar-refractivity contribution is -0.125. The van der Waals surface area contributed by atoms with Gasteiger partial charge in [0.05, 0.1) is 17.1 Å². The van der Waals surface area contributed by atoms with Crippen molar-refractivity contribution in [3.05, 3.63) is 41.0 Å². The van der Waals surface area contributed by atoms with E-state index in [0.29, 0.717) is 0 Å². The number of nitrogens with two attached hydrogens (primary N) is 1. The number of thiazole rings is 1. The molecule has 2 aromatic rings. The molecule has 28 heavy (non-hydrogen) atoms. The van der Waals surface area contributed by atoms with Crippen molar-refractivity contribution in [3.8, 4) is 0 Å². The van der Waals surface area contributed by atoms with Gasteiger partial charge in [0, 0.05) is 25.3 Å². The number of rotatable bonds is 6. The van der Waals surface area contributed by atoms with Gasteiger partial charge in [0.2, 0.25) is 5.91 Å². The smallest absolute Gasteiger partial charge is 0.224 e. The normalized spacial score (nSPS) is 19.3. The van der Waals surface area contributed by atoms with Crippen LogP contribution in [0.5, 0.6) is 0 Å². The number of aromatic nitrogens is 1. The van der Waals surface area contributed by atoms with Crippen LogP contribution in [-0.4, -0.2) is 36.5 Å². The van der Waals surface area contributed by atoms with Crippen LogP contribution in [0.15, 0.2) is 29.8 Å². The highest BCUT2D eigenvalue weighted by Crippen LogP contribution is 2.34. The van der Waals surface area contributed by atoms with E-state index in [-0.39, 0.29) is 23.8 Å². The van der Waals surface area contributed by atoms with Crippen LogP contribution >= 0.6 is 11.3 Å². The molecule has 150 valence electrons. The Labute approximate surface area is 169 Å². The van der Waals surface area contributed by atoms with Gasteiger partial charge in [0.15, 0.2) is 5.96 Å². The second-order valence-corrected chi connectivity index (χ2v) is 7.97. The summed E-state index contributed by atoms with van der Waals surface area (Å²) in [5.74, 6) is 0.0862. The van der Waals surface area contributed by atoms with E-state index in [1.165, 1.54) is 10.6 Å². The minimum atomic E-state index is -0.0643. The van der Waals surface area contributed by atoms with Crippen molar-refractivity contribution in [1.29, 1.82) is 5.41 Å². The number of nitrogens with one attached hydrogen (secondary N) is 3. The molecule has 2 unspecified atom stereocenters. The fourth-order valence-electron chi connectivity index (χ4n) is 3.81. The Bertz CT molecular complexity index is 818. The van der Waals surface area contributed by atoms with Crippen LogP contribution in [-0.2, 0) is 17.6 Å². The van der Waals surface area contributed by atoms with Gasteiger partial charge in [0.1, 0.15) is 5.00 Å². The Morgan fingerprint density at radius 1 is 1.36 bits per heavy atom. The van der Waals surface area contributed by atoms with Gasteiger partial charge >= 0.3 is 0 Å². The molecular weight excluding hydrogens is 372 g/mol. The number of benzene rings is 1. The molecule has 1 aromatic carbocycles. The Hall–Kier alpha value is -2.61. The quantitative estimate of drug-likeness (QED) is 0.440. The molecule has 1 aliphatic heterocycles. The number of carbonyl (C=O) groups is 1. The molecule has 0 saturated carbocycles. The minimum Gasteiger partial charge on any atom is -0.370 e. The highest BCUT2D eigenvalue weighted by molar-refractivity contribution is 7.14. The third-order valence-electron chi connectivity index (χ3n) is 5.34. The summed E-state index contributed by atoms with van der Waals surface area (Å²) in [6, 6.07) is 8.12. The number of nitrogens with zero attached hydrogens (tertiary/aromatic N) is 2. The van der Waals surface area contributed by atoms with E-state index in [0.717, 1.165) is 43.6 Å². The Morgan fingerprint density at radius 3 is 2.79 bits per heavy atom. The molecule has 5 N–H and O–H groups in total. The topological polar surface area (TPSA) is 107 Å². The number of hydrogen-bond acceptors (Lipinski definition) is 5. The first-order chi connectivity index (χ1) is 13.5. The van der Waals surface area contributed by atoms with Crippen LogP contribution in [0.3, 0.4) is 0 Å². The van der Waals surface area contributed by atoms with Gasteiger partial charge < -0.3 is 21.3 Å². The summed E-state index contributed by atoms with van der Waals surface area (Å²) in [7, 11) is 1.71. The van der Waals surface area contributed by atoms with E-state index in [1.54, 1.807) is 18.4 Å². The zero-order chi connectivity index (χ0) is 20.1. The van der Waals surface area contributed by atoms with Crippen molar-refractivity contribution in [3.63, 3.8) is 0 Å². The molecule has 1 aromatic heterocycles. The van der Waals surface area contributed by atoms with Crippen molar-refractivity contribution >= 4 is 33.9 Å². The van der Waals surface area contributed by atoms with Crippen LogP contribution in [0, 0.1) is 11.3 Å².